The van der Waals surface area contributed by atoms with E-state index in [1.807, 2.05) is 0 Å². The summed E-state index contributed by atoms with van der Waals surface area (Å²) in [6, 6.07) is 3.19. The Kier molecular flexibility index (Phi) is 11.2. The van der Waals surface area contributed by atoms with Crippen molar-refractivity contribution in [2.24, 2.45) is 11.5 Å². The van der Waals surface area contributed by atoms with Crippen molar-refractivity contribution >= 4 is 42.2 Å². The lowest BCUT2D eigenvalue weighted by Gasteiger charge is -2.24. The van der Waals surface area contributed by atoms with Gasteiger partial charge in [0.2, 0.25) is 23.6 Å². The third kappa shape index (κ3) is 8.91. The number of thiol groups is 1. The summed E-state index contributed by atoms with van der Waals surface area (Å²) in [5, 5.41) is 25.2. The van der Waals surface area contributed by atoms with E-state index in [4.69, 9.17) is 16.6 Å². The Bertz CT molecular complexity index is 824. The summed E-state index contributed by atoms with van der Waals surface area (Å²) < 4.78 is 0. The first-order chi connectivity index (χ1) is 15.1. The molecular weight excluding hydrogens is 442 g/mol. The van der Waals surface area contributed by atoms with Gasteiger partial charge in [0.15, 0.2) is 0 Å². The predicted molar refractivity (Wildman–Crippen MR) is 116 cm³/mol. The third-order valence-electron chi connectivity index (χ3n) is 4.28. The molecule has 0 aromatic heterocycles. The van der Waals surface area contributed by atoms with Crippen molar-refractivity contribution in [3.05, 3.63) is 35.9 Å². The summed E-state index contributed by atoms with van der Waals surface area (Å²) in [4.78, 5) is 60.0. The van der Waals surface area contributed by atoms with Crippen LogP contribution in [0.25, 0.3) is 0 Å². The standard InChI is InChI=1S/C19H27N5O7S/c20-11(8-25)16(27)24-14(9-32)18(29)22-12(7-15(21)26)17(28)23-13(19(30)31)6-10-4-2-1-3-5-10/h1-5,11-14,25,32H,6-9,20H2,(H2,21,26)(H,22,29)(H,23,28)(H,24,27)(H,30,31). The molecule has 4 atom stereocenters. The quantitative estimate of drug-likeness (QED) is 0.138. The molecule has 4 amide bonds. The molecule has 13 heteroatoms. The zero-order valence-electron chi connectivity index (χ0n) is 17.1. The van der Waals surface area contributed by atoms with E-state index in [1.54, 1.807) is 30.3 Å². The average Bonchev–Trinajstić information content (AvgIpc) is 2.75. The molecule has 0 spiro atoms. The van der Waals surface area contributed by atoms with E-state index in [0.717, 1.165) is 0 Å². The summed E-state index contributed by atoms with van der Waals surface area (Å²) in [7, 11) is 0. The molecule has 12 nitrogen and oxygen atoms in total. The first kappa shape index (κ1) is 26.9. The first-order valence-corrected chi connectivity index (χ1v) is 10.2. The van der Waals surface area contributed by atoms with Gasteiger partial charge >= 0.3 is 5.97 Å². The monoisotopic (exact) mass is 469 g/mol. The molecule has 0 saturated carbocycles. The molecule has 1 rings (SSSR count). The summed E-state index contributed by atoms with van der Waals surface area (Å²) >= 11 is 3.96. The fourth-order valence-corrected chi connectivity index (χ4v) is 2.82. The fraction of sp³-hybridized carbons (Fsp3) is 0.421. The van der Waals surface area contributed by atoms with E-state index < -0.39 is 66.8 Å². The first-order valence-electron chi connectivity index (χ1n) is 9.52. The molecule has 1 aromatic carbocycles. The number of amides is 4. The Labute approximate surface area is 189 Å². The third-order valence-corrected chi connectivity index (χ3v) is 4.65. The van der Waals surface area contributed by atoms with Crippen molar-refractivity contribution in [2.75, 3.05) is 12.4 Å². The lowest BCUT2D eigenvalue weighted by atomic mass is 10.0. The topological polar surface area (TPSA) is 214 Å². The minimum atomic E-state index is -1.50. The molecular formula is C19H27N5O7S. The molecule has 0 fully saturated rings. The molecule has 9 N–H and O–H groups in total. The van der Waals surface area contributed by atoms with Crippen molar-refractivity contribution in [1.82, 2.24) is 16.0 Å². The van der Waals surface area contributed by atoms with Crippen LogP contribution in [0.4, 0.5) is 0 Å². The number of rotatable bonds is 13. The van der Waals surface area contributed by atoms with Crippen LogP contribution in [-0.2, 0) is 30.4 Å². The summed E-state index contributed by atoms with van der Waals surface area (Å²) in [6.45, 7) is -0.655. The van der Waals surface area contributed by atoms with Crippen molar-refractivity contribution in [2.45, 2.75) is 37.0 Å². The van der Waals surface area contributed by atoms with Crippen LogP contribution in [0, 0.1) is 0 Å². The molecule has 0 aliphatic heterocycles. The molecule has 0 bridgehead atoms. The number of carbonyl (C=O) groups excluding carboxylic acids is 4. The van der Waals surface area contributed by atoms with Crippen LogP contribution in [0.15, 0.2) is 30.3 Å². The Balaban J connectivity index is 2.91. The molecule has 1 aromatic rings. The SMILES string of the molecule is NC(=O)CC(NC(=O)C(CS)NC(=O)C(N)CO)C(=O)NC(Cc1ccccc1)C(=O)O. The van der Waals surface area contributed by atoms with Gasteiger partial charge < -0.3 is 37.6 Å². The number of benzene rings is 1. The number of aliphatic hydroxyl groups is 1. The highest BCUT2D eigenvalue weighted by molar-refractivity contribution is 7.80. The molecule has 176 valence electrons. The fourth-order valence-electron chi connectivity index (χ4n) is 2.56. The maximum atomic E-state index is 12.7. The Morgan fingerprint density at radius 3 is 1.94 bits per heavy atom. The Morgan fingerprint density at radius 1 is 0.906 bits per heavy atom. The number of hydrogen-bond acceptors (Lipinski definition) is 8. The lowest BCUT2D eigenvalue weighted by molar-refractivity contribution is -0.142. The van der Waals surface area contributed by atoms with E-state index in [2.05, 4.69) is 28.6 Å². The Hall–Kier alpha value is -3.16. The largest absolute Gasteiger partial charge is 0.480 e. The van der Waals surface area contributed by atoms with E-state index in [1.165, 1.54) is 0 Å². The van der Waals surface area contributed by atoms with Gasteiger partial charge in [0.25, 0.3) is 0 Å². The number of hydrogen-bond donors (Lipinski definition) is 8. The second kappa shape index (κ2) is 13.3. The smallest absolute Gasteiger partial charge is 0.326 e. The van der Waals surface area contributed by atoms with Gasteiger partial charge in [0.05, 0.1) is 13.0 Å². The van der Waals surface area contributed by atoms with Crippen LogP contribution >= 0.6 is 12.6 Å². The van der Waals surface area contributed by atoms with E-state index in [0.29, 0.717) is 5.56 Å². The van der Waals surface area contributed by atoms with E-state index in [9.17, 15) is 29.1 Å². The van der Waals surface area contributed by atoms with E-state index >= 15 is 0 Å². The number of carboxylic acid groups (broad SMARTS) is 1. The van der Waals surface area contributed by atoms with E-state index in [-0.39, 0.29) is 12.2 Å². The van der Waals surface area contributed by atoms with Crippen LogP contribution in [0.3, 0.4) is 0 Å². The van der Waals surface area contributed by atoms with Gasteiger partial charge in [-0.3, -0.25) is 19.2 Å². The highest BCUT2D eigenvalue weighted by atomic mass is 32.1. The molecule has 0 aliphatic rings. The number of carbonyl (C=O) groups is 5. The van der Waals surface area contributed by atoms with Crippen LogP contribution in [-0.4, -0.2) is 76.3 Å². The number of nitrogens with two attached hydrogens (primary N) is 2. The highest BCUT2D eigenvalue weighted by Gasteiger charge is 2.30. The summed E-state index contributed by atoms with van der Waals surface area (Å²) in [5.41, 5.74) is 11.2. The molecule has 0 radical (unpaired) electrons. The maximum Gasteiger partial charge on any atom is 0.326 e. The van der Waals surface area contributed by atoms with Crippen LogP contribution < -0.4 is 27.4 Å². The average molecular weight is 470 g/mol. The second-order valence-corrected chi connectivity index (χ2v) is 7.22. The maximum absolute atomic E-state index is 12.7. The molecule has 4 unspecified atom stereocenters. The zero-order chi connectivity index (χ0) is 24.3. The van der Waals surface area contributed by atoms with Crippen molar-refractivity contribution < 1.29 is 34.2 Å². The normalized spacial score (nSPS) is 14.3. The summed E-state index contributed by atoms with van der Waals surface area (Å²) in [6.07, 6.45) is -0.647. The van der Waals surface area contributed by atoms with Crippen molar-refractivity contribution in [3.8, 4) is 0 Å². The predicted octanol–water partition coefficient (Wildman–Crippen LogP) is -3.11. The van der Waals surface area contributed by atoms with Gasteiger partial charge in [-0.05, 0) is 5.56 Å². The van der Waals surface area contributed by atoms with Crippen LogP contribution in [0.2, 0.25) is 0 Å². The van der Waals surface area contributed by atoms with Gasteiger partial charge in [0, 0.05) is 12.2 Å². The number of aliphatic carboxylic acids is 1. The summed E-state index contributed by atoms with van der Waals surface area (Å²) in [5.74, 6) is -5.08. The zero-order valence-corrected chi connectivity index (χ0v) is 18.0. The van der Waals surface area contributed by atoms with Crippen LogP contribution in [0.5, 0.6) is 0 Å². The molecule has 0 heterocycles. The molecule has 32 heavy (non-hydrogen) atoms. The molecule has 0 aliphatic carbocycles. The number of nitrogens with one attached hydrogen (secondary N) is 3. The van der Waals surface area contributed by atoms with Crippen molar-refractivity contribution in [3.63, 3.8) is 0 Å². The molecule has 0 saturated heterocycles. The highest BCUT2D eigenvalue weighted by Crippen LogP contribution is 2.05. The van der Waals surface area contributed by atoms with Gasteiger partial charge in [-0.25, -0.2) is 4.79 Å². The minimum Gasteiger partial charge on any atom is -0.480 e. The Morgan fingerprint density at radius 2 is 1.44 bits per heavy atom. The van der Waals surface area contributed by atoms with Gasteiger partial charge in [-0.2, -0.15) is 12.6 Å². The van der Waals surface area contributed by atoms with Crippen LogP contribution in [0.1, 0.15) is 12.0 Å². The van der Waals surface area contributed by atoms with Gasteiger partial charge in [-0.1, -0.05) is 30.3 Å². The number of primary amides is 1. The number of carboxylic acids is 1. The minimum absolute atomic E-state index is 0.0342. The second-order valence-electron chi connectivity index (χ2n) is 6.85. The van der Waals surface area contributed by atoms with Gasteiger partial charge in [0.1, 0.15) is 24.2 Å². The number of aliphatic hydroxyl groups excluding tert-OH is 1. The van der Waals surface area contributed by atoms with Crippen molar-refractivity contribution in [1.29, 1.82) is 0 Å². The van der Waals surface area contributed by atoms with Gasteiger partial charge in [-0.15, -0.1) is 0 Å². The lowest BCUT2D eigenvalue weighted by Crippen LogP contribution is -2.58.